The highest BCUT2D eigenvalue weighted by Gasteiger charge is 2.33. The molecule has 0 aromatic carbocycles. The van der Waals surface area contributed by atoms with Crippen molar-refractivity contribution in [3.05, 3.63) is 0 Å². The first-order chi connectivity index (χ1) is 5.33. The van der Waals surface area contributed by atoms with Crippen LogP contribution in [-0.4, -0.2) is 12.1 Å². The maximum atomic E-state index is 3.55. The third kappa shape index (κ3) is 2.82. The van der Waals surface area contributed by atoms with Crippen LogP contribution in [-0.2, 0) is 0 Å². The van der Waals surface area contributed by atoms with Crippen molar-refractivity contribution in [2.75, 3.05) is 6.54 Å². The summed E-state index contributed by atoms with van der Waals surface area (Å²) >= 11 is 0. The number of nitrogens with one attached hydrogen (secondary N) is 1. The summed E-state index contributed by atoms with van der Waals surface area (Å²) in [6, 6.07) is 0. The molecule has 68 valence electrons. The van der Waals surface area contributed by atoms with Crippen LogP contribution in [0.1, 0.15) is 53.4 Å². The van der Waals surface area contributed by atoms with Crippen LogP contribution in [0.25, 0.3) is 0 Å². The highest BCUT2D eigenvalue weighted by atomic mass is 15.0. The van der Waals surface area contributed by atoms with E-state index in [-0.39, 0.29) is 0 Å². The topological polar surface area (TPSA) is 12.0 Å². The van der Waals surface area contributed by atoms with Crippen LogP contribution < -0.4 is 5.32 Å². The largest absolute Gasteiger partial charge is 0.312 e. The van der Waals surface area contributed by atoms with Gasteiger partial charge in [-0.1, -0.05) is 27.7 Å². The molecule has 1 N–H and O–H groups in total. The Labute approximate surface area is 71.6 Å². The summed E-state index contributed by atoms with van der Waals surface area (Å²) in [4.78, 5) is 0. The van der Waals surface area contributed by atoms with E-state index in [9.17, 15) is 0 Å². The van der Waals surface area contributed by atoms with Crippen molar-refractivity contribution in [2.24, 2.45) is 0 Å². The van der Waals surface area contributed by atoms with Gasteiger partial charge >= 0.3 is 0 Å². The lowest BCUT2D eigenvalue weighted by Gasteiger charge is -2.42. The van der Waals surface area contributed by atoms with Gasteiger partial charge in [-0.3, -0.25) is 0 Å². The molecular weight excluding hydrogens is 134 g/mol. The fraction of sp³-hybridized carbons (Fsp3) is 1.00. The first-order valence-electron chi connectivity index (χ1n) is 5.08. The van der Waals surface area contributed by atoms with Gasteiger partial charge in [-0.25, -0.2) is 0 Å². The van der Waals surface area contributed by atoms with E-state index >= 15 is 0 Å². The molecule has 0 saturated heterocycles. The maximum absolute atomic E-state index is 3.55. The lowest BCUT2D eigenvalue weighted by Crippen LogP contribution is -2.50. The number of rotatable bonds is 3. The van der Waals surface area contributed by atoms with Gasteiger partial charge in [-0.2, -0.15) is 0 Å². The van der Waals surface area contributed by atoms with E-state index in [0.29, 0.717) is 5.54 Å². The van der Waals surface area contributed by atoms with Crippen LogP contribution in [0.15, 0.2) is 0 Å². The average molecular weight is 157 g/mol. The Bertz CT molecular complexity index is 79.4. The van der Waals surface area contributed by atoms with Crippen molar-refractivity contribution in [1.29, 1.82) is 0 Å². The van der Waals surface area contributed by atoms with Crippen molar-refractivity contribution in [1.82, 2.24) is 5.32 Å². The van der Waals surface area contributed by atoms with Crippen LogP contribution in [0.5, 0.6) is 0 Å². The summed E-state index contributed by atoms with van der Waals surface area (Å²) in [5.41, 5.74) is 0.564. The van der Waals surface area contributed by atoms with Crippen molar-refractivity contribution < 1.29 is 0 Å². The van der Waals surface area contributed by atoms with E-state index in [2.05, 4.69) is 19.2 Å². The Morgan fingerprint density at radius 3 is 1.82 bits per heavy atom. The van der Waals surface area contributed by atoms with Gasteiger partial charge in [0.05, 0.1) is 0 Å². The molecule has 1 aliphatic rings. The van der Waals surface area contributed by atoms with Gasteiger partial charge in [0.2, 0.25) is 0 Å². The smallest absolute Gasteiger partial charge is 0.0178 e. The zero-order valence-corrected chi connectivity index (χ0v) is 8.54. The standard InChI is InChI=1S/C8H17N.C2H6/c1-3-8(9-4-2)6-5-7-8;1-2/h9H,3-7H2,1-2H3;1-2H3. The molecule has 0 spiro atoms. The van der Waals surface area contributed by atoms with Crippen LogP contribution in [0.4, 0.5) is 0 Å². The van der Waals surface area contributed by atoms with Gasteiger partial charge in [0, 0.05) is 5.54 Å². The molecule has 0 heterocycles. The zero-order valence-electron chi connectivity index (χ0n) is 8.54. The highest BCUT2D eigenvalue weighted by Crippen LogP contribution is 2.34. The lowest BCUT2D eigenvalue weighted by molar-refractivity contribution is 0.181. The Balaban J connectivity index is 0.000000461. The number of hydrogen-bond donors (Lipinski definition) is 1. The normalized spacial score (nSPS) is 19.6. The average Bonchev–Trinajstić information content (AvgIpc) is 2.01. The fourth-order valence-corrected chi connectivity index (χ4v) is 1.63. The minimum atomic E-state index is 0.564. The molecule has 0 atom stereocenters. The molecule has 1 rings (SSSR count). The SMILES string of the molecule is CC.CCNC1(CC)CCC1. The third-order valence-electron chi connectivity index (χ3n) is 2.54. The molecule has 0 aromatic rings. The molecule has 1 nitrogen and oxygen atoms in total. The van der Waals surface area contributed by atoms with Crippen LogP contribution in [0.3, 0.4) is 0 Å². The van der Waals surface area contributed by atoms with Gasteiger partial charge in [0.25, 0.3) is 0 Å². The van der Waals surface area contributed by atoms with Gasteiger partial charge in [0.1, 0.15) is 0 Å². The maximum Gasteiger partial charge on any atom is 0.0178 e. The van der Waals surface area contributed by atoms with E-state index in [1.807, 2.05) is 13.8 Å². The van der Waals surface area contributed by atoms with Crippen LogP contribution >= 0.6 is 0 Å². The van der Waals surface area contributed by atoms with E-state index < -0.39 is 0 Å². The quantitative estimate of drug-likeness (QED) is 0.664. The Morgan fingerprint density at radius 2 is 1.73 bits per heavy atom. The molecule has 0 aromatic heterocycles. The molecule has 0 aliphatic heterocycles. The van der Waals surface area contributed by atoms with Gasteiger partial charge in [-0.15, -0.1) is 0 Å². The summed E-state index contributed by atoms with van der Waals surface area (Å²) in [5.74, 6) is 0. The molecule has 0 bridgehead atoms. The Morgan fingerprint density at radius 1 is 1.18 bits per heavy atom. The van der Waals surface area contributed by atoms with E-state index in [0.717, 1.165) is 6.54 Å². The molecule has 1 heteroatoms. The Kier molecular flexibility index (Phi) is 5.57. The summed E-state index contributed by atoms with van der Waals surface area (Å²) in [6.07, 6.45) is 5.54. The first kappa shape index (κ1) is 11.0. The van der Waals surface area contributed by atoms with E-state index in [1.165, 1.54) is 25.7 Å². The molecule has 0 amide bonds. The number of hydrogen-bond acceptors (Lipinski definition) is 1. The second-order valence-corrected chi connectivity index (χ2v) is 3.02. The summed E-state index contributed by atoms with van der Waals surface area (Å²) in [6.45, 7) is 9.60. The fourth-order valence-electron chi connectivity index (χ4n) is 1.63. The molecule has 0 radical (unpaired) electrons. The van der Waals surface area contributed by atoms with E-state index in [1.54, 1.807) is 0 Å². The molecular formula is C10H23N. The molecule has 1 saturated carbocycles. The molecule has 0 unspecified atom stereocenters. The van der Waals surface area contributed by atoms with Gasteiger partial charge in [-0.05, 0) is 32.2 Å². The molecule has 1 fully saturated rings. The minimum absolute atomic E-state index is 0.564. The monoisotopic (exact) mass is 157 g/mol. The Hall–Kier alpha value is -0.0400. The van der Waals surface area contributed by atoms with Crippen molar-refractivity contribution in [2.45, 2.75) is 58.9 Å². The van der Waals surface area contributed by atoms with Gasteiger partial charge < -0.3 is 5.32 Å². The summed E-state index contributed by atoms with van der Waals surface area (Å²) < 4.78 is 0. The second-order valence-electron chi connectivity index (χ2n) is 3.02. The first-order valence-corrected chi connectivity index (χ1v) is 5.08. The van der Waals surface area contributed by atoms with E-state index in [4.69, 9.17) is 0 Å². The third-order valence-corrected chi connectivity index (χ3v) is 2.54. The van der Waals surface area contributed by atoms with Crippen LogP contribution in [0, 0.1) is 0 Å². The van der Waals surface area contributed by atoms with Crippen molar-refractivity contribution >= 4 is 0 Å². The van der Waals surface area contributed by atoms with Gasteiger partial charge in [0.15, 0.2) is 0 Å². The minimum Gasteiger partial charge on any atom is -0.312 e. The zero-order chi connectivity index (χ0) is 8.74. The lowest BCUT2D eigenvalue weighted by atomic mass is 9.75. The predicted octanol–water partition coefficient (Wildman–Crippen LogP) is 2.95. The molecule has 11 heavy (non-hydrogen) atoms. The van der Waals surface area contributed by atoms with Crippen molar-refractivity contribution in [3.63, 3.8) is 0 Å². The van der Waals surface area contributed by atoms with Crippen LogP contribution in [0.2, 0.25) is 0 Å². The molecule has 1 aliphatic carbocycles. The summed E-state index contributed by atoms with van der Waals surface area (Å²) in [7, 11) is 0. The second kappa shape index (κ2) is 5.59. The van der Waals surface area contributed by atoms with Crippen molar-refractivity contribution in [3.8, 4) is 0 Å². The summed E-state index contributed by atoms with van der Waals surface area (Å²) in [5, 5.41) is 3.55. The predicted molar refractivity (Wildman–Crippen MR) is 51.9 cm³/mol. The highest BCUT2D eigenvalue weighted by molar-refractivity contribution is 4.93.